The van der Waals surface area contributed by atoms with E-state index in [9.17, 15) is 14.0 Å². The fourth-order valence-corrected chi connectivity index (χ4v) is 1.96. The molecule has 0 amide bonds. The monoisotopic (exact) mass is 294 g/mol. The van der Waals surface area contributed by atoms with Gasteiger partial charge in [-0.2, -0.15) is 0 Å². The first-order chi connectivity index (χ1) is 10.1. The number of carbonyl (C=O) groups is 2. The van der Waals surface area contributed by atoms with Crippen LogP contribution in [0.1, 0.15) is 25.5 Å². The van der Waals surface area contributed by atoms with E-state index in [-0.39, 0.29) is 19.0 Å². The SMILES string of the molecule is CCOC(=O)C(C(=O)OCC)c1cc2cc(F)ccc2o1. The Balaban J connectivity index is 2.42. The molecule has 112 valence electrons. The maximum absolute atomic E-state index is 13.2. The van der Waals surface area contributed by atoms with E-state index >= 15 is 0 Å². The van der Waals surface area contributed by atoms with Crippen molar-refractivity contribution in [3.05, 3.63) is 35.8 Å². The van der Waals surface area contributed by atoms with Crippen LogP contribution in [0.3, 0.4) is 0 Å². The van der Waals surface area contributed by atoms with Crippen molar-refractivity contribution in [1.29, 1.82) is 0 Å². The molecule has 1 aromatic heterocycles. The minimum Gasteiger partial charge on any atom is -0.465 e. The summed E-state index contributed by atoms with van der Waals surface area (Å²) < 4.78 is 28.4. The van der Waals surface area contributed by atoms with Crippen molar-refractivity contribution in [3.63, 3.8) is 0 Å². The molecule has 0 aliphatic carbocycles. The predicted molar refractivity (Wildman–Crippen MR) is 72.2 cm³/mol. The van der Waals surface area contributed by atoms with Crippen LogP contribution in [0.2, 0.25) is 0 Å². The fourth-order valence-electron chi connectivity index (χ4n) is 1.96. The van der Waals surface area contributed by atoms with E-state index in [1.807, 2.05) is 0 Å². The molecule has 0 spiro atoms. The Kier molecular flexibility index (Phi) is 4.57. The van der Waals surface area contributed by atoms with Crippen LogP contribution in [0.25, 0.3) is 11.0 Å². The van der Waals surface area contributed by atoms with Crippen LogP contribution in [0.4, 0.5) is 4.39 Å². The molecule has 21 heavy (non-hydrogen) atoms. The first-order valence-corrected chi connectivity index (χ1v) is 6.59. The summed E-state index contributed by atoms with van der Waals surface area (Å²) in [6.07, 6.45) is 0. The van der Waals surface area contributed by atoms with Gasteiger partial charge in [-0.1, -0.05) is 0 Å². The number of benzene rings is 1. The lowest BCUT2D eigenvalue weighted by Crippen LogP contribution is -2.25. The van der Waals surface area contributed by atoms with E-state index in [1.54, 1.807) is 13.8 Å². The molecule has 0 N–H and O–H groups in total. The number of carbonyl (C=O) groups excluding carboxylic acids is 2. The largest absolute Gasteiger partial charge is 0.465 e. The average Bonchev–Trinajstić information content (AvgIpc) is 2.81. The third-order valence-electron chi connectivity index (χ3n) is 2.83. The summed E-state index contributed by atoms with van der Waals surface area (Å²) in [5, 5.41) is 0.462. The third-order valence-corrected chi connectivity index (χ3v) is 2.83. The molecule has 1 aromatic carbocycles. The van der Waals surface area contributed by atoms with Gasteiger partial charge in [0.25, 0.3) is 0 Å². The van der Waals surface area contributed by atoms with Crippen LogP contribution < -0.4 is 0 Å². The number of furan rings is 1. The highest BCUT2D eigenvalue weighted by atomic mass is 19.1. The van der Waals surface area contributed by atoms with Gasteiger partial charge in [0.1, 0.15) is 17.2 Å². The average molecular weight is 294 g/mol. The van der Waals surface area contributed by atoms with Crippen molar-refractivity contribution in [3.8, 4) is 0 Å². The zero-order valence-electron chi connectivity index (χ0n) is 11.7. The van der Waals surface area contributed by atoms with E-state index in [4.69, 9.17) is 13.9 Å². The lowest BCUT2D eigenvalue weighted by atomic mass is 10.1. The van der Waals surface area contributed by atoms with Gasteiger partial charge in [-0.15, -0.1) is 0 Å². The Morgan fingerprint density at radius 2 is 1.76 bits per heavy atom. The molecule has 0 fully saturated rings. The minimum atomic E-state index is -1.31. The van der Waals surface area contributed by atoms with Crippen LogP contribution in [0.5, 0.6) is 0 Å². The standard InChI is InChI=1S/C15H15FO5/c1-3-19-14(17)13(15(18)20-4-2)12-8-9-7-10(16)5-6-11(9)21-12/h5-8,13H,3-4H2,1-2H3. The molecule has 0 saturated heterocycles. The number of esters is 2. The van der Waals surface area contributed by atoms with Gasteiger partial charge in [-0.3, -0.25) is 9.59 Å². The number of rotatable bonds is 5. The summed E-state index contributed by atoms with van der Waals surface area (Å²) in [5.74, 6) is -3.17. The maximum Gasteiger partial charge on any atom is 0.328 e. The summed E-state index contributed by atoms with van der Waals surface area (Å²) in [6.45, 7) is 3.52. The number of halogens is 1. The molecule has 0 bridgehead atoms. The Morgan fingerprint density at radius 1 is 1.14 bits per heavy atom. The van der Waals surface area contributed by atoms with E-state index in [0.29, 0.717) is 11.0 Å². The quantitative estimate of drug-likeness (QED) is 0.626. The second-order valence-electron chi connectivity index (χ2n) is 4.27. The normalized spacial score (nSPS) is 10.9. The molecule has 0 saturated carbocycles. The highest BCUT2D eigenvalue weighted by Crippen LogP contribution is 2.27. The fraction of sp³-hybridized carbons (Fsp3) is 0.333. The molecule has 2 aromatic rings. The van der Waals surface area contributed by atoms with Gasteiger partial charge in [0.15, 0.2) is 0 Å². The summed E-state index contributed by atoms with van der Waals surface area (Å²) in [5.41, 5.74) is 0.380. The number of ether oxygens (including phenoxy) is 2. The third kappa shape index (κ3) is 3.21. The summed E-state index contributed by atoms with van der Waals surface area (Å²) >= 11 is 0. The zero-order valence-corrected chi connectivity index (χ0v) is 11.7. The molecule has 0 aliphatic rings. The lowest BCUT2D eigenvalue weighted by Gasteiger charge is -2.11. The molecule has 0 aliphatic heterocycles. The molecular weight excluding hydrogens is 279 g/mol. The predicted octanol–water partition coefficient (Wildman–Crippen LogP) is 2.78. The zero-order chi connectivity index (χ0) is 15.4. The smallest absolute Gasteiger partial charge is 0.328 e. The van der Waals surface area contributed by atoms with Gasteiger partial charge in [0.2, 0.25) is 5.92 Å². The van der Waals surface area contributed by atoms with Gasteiger partial charge < -0.3 is 13.9 Å². The molecule has 6 heteroatoms. The molecule has 0 radical (unpaired) electrons. The van der Waals surface area contributed by atoms with Crippen molar-refractivity contribution >= 4 is 22.9 Å². The Hall–Kier alpha value is -2.37. The van der Waals surface area contributed by atoms with Gasteiger partial charge in [0, 0.05) is 5.39 Å². The van der Waals surface area contributed by atoms with Crippen LogP contribution >= 0.6 is 0 Å². The summed E-state index contributed by atoms with van der Waals surface area (Å²) in [7, 11) is 0. The van der Waals surface area contributed by atoms with E-state index in [0.717, 1.165) is 0 Å². The van der Waals surface area contributed by atoms with Crippen molar-refractivity contribution in [2.75, 3.05) is 13.2 Å². The van der Waals surface area contributed by atoms with Gasteiger partial charge in [0.05, 0.1) is 13.2 Å². The lowest BCUT2D eigenvalue weighted by molar-refractivity contribution is -0.157. The first kappa shape index (κ1) is 15.0. The molecule has 0 unspecified atom stereocenters. The highest BCUT2D eigenvalue weighted by Gasteiger charge is 2.34. The van der Waals surface area contributed by atoms with Gasteiger partial charge in [-0.25, -0.2) is 4.39 Å². The molecule has 0 atom stereocenters. The molecular formula is C15H15FO5. The van der Waals surface area contributed by atoms with Crippen molar-refractivity contribution in [1.82, 2.24) is 0 Å². The second kappa shape index (κ2) is 6.39. The van der Waals surface area contributed by atoms with Crippen LogP contribution in [-0.4, -0.2) is 25.2 Å². The van der Waals surface area contributed by atoms with Crippen molar-refractivity contribution < 1.29 is 27.9 Å². The summed E-state index contributed by atoms with van der Waals surface area (Å²) in [6, 6.07) is 5.37. The highest BCUT2D eigenvalue weighted by molar-refractivity contribution is 6.01. The van der Waals surface area contributed by atoms with Crippen LogP contribution in [-0.2, 0) is 19.1 Å². The number of fused-ring (bicyclic) bond motifs is 1. The Labute approximate surface area is 120 Å². The molecule has 2 rings (SSSR count). The van der Waals surface area contributed by atoms with Gasteiger partial charge in [-0.05, 0) is 38.1 Å². The van der Waals surface area contributed by atoms with Crippen LogP contribution in [0, 0.1) is 5.82 Å². The Morgan fingerprint density at radius 3 is 2.33 bits per heavy atom. The number of hydrogen-bond acceptors (Lipinski definition) is 5. The minimum absolute atomic E-state index is 0.0764. The van der Waals surface area contributed by atoms with E-state index in [2.05, 4.69) is 0 Å². The first-order valence-electron chi connectivity index (χ1n) is 6.59. The molecule has 1 heterocycles. The summed E-state index contributed by atoms with van der Waals surface area (Å²) in [4.78, 5) is 23.9. The van der Waals surface area contributed by atoms with Crippen LogP contribution in [0.15, 0.2) is 28.7 Å². The number of hydrogen-bond donors (Lipinski definition) is 0. The maximum atomic E-state index is 13.2. The molecule has 5 nitrogen and oxygen atoms in total. The topological polar surface area (TPSA) is 65.7 Å². The Bertz CT molecular complexity index is 643. The second-order valence-corrected chi connectivity index (χ2v) is 4.27. The van der Waals surface area contributed by atoms with E-state index < -0.39 is 23.7 Å². The van der Waals surface area contributed by atoms with E-state index in [1.165, 1.54) is 24.3 Å². The van der Waals surface area contributed by atoms with Gasteiger partial charge >= 0.3 is 11.9 Å². The van der Waals surface area contributed by atoms with Crippen molar-refractivity contribution in [2.24, 2.45) is 0 Å². The van der Waals surface area contributed by atoms with Crippen molar-refractivity contribution in [2.45, 2.75) is 19.8 Å².